The number of fused-ring (bicyclic) bond motifs is 1. The molecule has 1 saturated carbocycles. The first kappa shape index (κ1) is 18.4. The van der Waals surface area contributed by atoms with Gasteiger partial charge in [-0.05, 0) is 25.7 Å². The lowest BCUT2D eigenvalue weighted by molar-refractivity contribution is -0.289. The third-order valence-electron chi connectivity index (χ3n) is 5.43. The lowest BCUT2D eigenvalue weighted by atomic mass is 9.79. The molecule has 0 spiro atoms. The van der Waals surface area contributed by atoms with Crippen LogP contribution in [0.3, 0.4) is 0 Å². The molecule has 9 heteroatoms. The van der Waals surface area contributed by atoms with E-state index in [0.717, 1.165) is 6.42 Å². The van der Waals surface area contributed by atoms with Gasteiger partial charge in [0.05, 0.1) is 18.2 Å². The Labute approximate surface area is 141 Å². The van der Waals surface area contributed by atoms with Crippen LogP contribution in [-0.2, 0) is 14.2 Å². The molecule has 3 aliphatic rings. The van der Waals surface area contributed by atoms with Crippen molar-refractivity contribution >= 4 is 0 Å². The Morgan fingerprint density at radius 1 is 1.04 bits per heavy atom. The fraction of sp³-hybridized carbons (Fsp3) is 1.00. The highest BCUT2D eigenvalue weighted by molar-refractivity contribution is 5.01. The predicted molar refractivity (Wildman–Crippen MR) is 83.6 cm³/mol. The van der Waals surface area contributed by atoms with Crippen LogP contribution in [0.4, 0.5) is 0 Å². The van der Waals surface area contributed by atoms with E-state index in [4.69, 9.17) is 31.4 Å². The van der Waals surface area contributed by atoms with E-state index in [1.165, 1.54) is 0 Å². The Morgan fingerprint density at radius 3 is 2.42 bits per heavy atom. The fourth-order valence-electron chi connectivity index (χ4n) is 4.12. The number of aliphatic hydroxyl groups excluding tert-OH is 3. The van der Waals surface area contributed by atoms with E-state index in [0.29, 0.717) is 6.42 Å². The van der Waals surface area contributed by atoms with Gasteiger partial charge in [0.15, 0.2) is 6.29 Å². The van der Waals surface area contributed by atoms with Gasteiger partial charge in [0.25, 0.3) is 0 Å². The first-order valence-corrected chi connectivity index (χ1v) is 8.55. The summed E-state index contributed by atoms with van der Waals surface area (Å²) in [5.74, 6) is 0.204. The van der Waals surface area contributed by atoms with Crippen LogP contribution in [0.1, 0.15) is 19.8 Å². The van der Waals surface area contributed by atoms with Crippen molar-refractivity contribution in [2.45, 2.75) is 80.9 Å². The molecule has 140 valence electrons. The number of rotatable bonds is 3. The smallest absolute Gasteiger partial charge is 0.176 e. The summed E-state index contributed by atoms with van der Waals surface area (Å²) in [6.07, 6.45) is -4.57. The van der Waals surface area contributed by atoms with E-state index in [1.807, 2.05) is 6.92 Å². The SMILES string of the molecule is CC1CC2CC(N)C(OC3OC(CN)C(O)C(O)C3N)C(O)C2O1. The second kappa shape index (κ2) is 7.10. The van der Waals surface area contributed by atoms with Gasteiger partial charge in [0.2, 0.25) is 0 Å². The maximum Gasteiger partial charge on any atom is 0.176 e. The van der Waals surface area contributed by atoms with Crippen LogP contribution in [0, 0.1) is 5.92 Å². The van der Waals surface area contributed by atoms with Gasteiger partial charge in [-0.25, -0.2) is 0 Å². The van der Waals surface area contributed by atoms with Crippen molar-refractivity contribution < 1.29 is 29.5 Å². The van der Waals surface area contributed by atoms with Crippen molar-refractivity contribution in [1.29, 1.82) is 0 Å². The zero-order valence-electron chi connectivity index (χ0n) is 13.8. The molecule has 3 fully saturated rings. The number of ether oxygens (including phenoxy) is 3. The zero-order chi connectivity index (χ0) is 17.6. The summed E-state index contributed by atoms with van der Waals surface area (Å²) in [4.78, 5) is 0. The molecular weight excluding hydrogens is 318 g/mol. The summed E-state index contributed by atoms with van der Waals surface area (Å²) in [6, 6.07) is -1.37. The molecule has 2 heterocycles. The van der Waals surface area contributed by atoms with Crippen LogP contribution in [0.15, 0.2) is 0 Å². The molecule has 11 atom stereocenters. The van der Waals surface area contributed by atoms with Crippen LogP contribution in [-0.4, -0.2) is 83.0 Å². The molecule has 0 aromatic heterocycles. The Kier molecular flexibility index (Phi) is 5.45. The maximum atomic E-state index is 10.6. The van der Waals surface area contributed by atoms with Gasteiger partial charge in [-0.15, -0.1) is 0 Å². The highest BCUT2D eigenvalue weighted by atomic mass is 16.7. The number of hydrogen-bond donors (Lipinski definition) is 6. The quantitative estimate of drug-likeness (QED) is 0.311. The maximum absolute atomic E-state index is 10.6. The van der Waals surface area contributed by atoms with Crippen LogP contribution < -0.4 is 17.2 Å². The van der Waals surface area contributed by atoms with Gasteiger partial charge in [-0.1, -0.05) is 0 Å². The average Bonchev–Trinajstić information content (AvgIpc) is 2.91. The molecule has 1 aliphatic carbocycles. The summed E-state index contributed by atoms with van der Waals surface area (Å²) >= 11 is 0. The van der Waals surface area contributed by atoms with Crippen LogP contribution in [0.25, 0.3) is 0 Å². The first-order chi connectivity index (χ1) is 11.3. The normalized spacial score (nSPS) is 55.4. The molecule has 11 unspecified atom stereocenters. The van der Waals surface area contributed by atoms with E-state index >= 15 is 0 Å². The Hall–Kier alpha value is -0.360. The summed E-state index contributed by atoms with van der Waals surface area (Å²) in [5, 5.41) is 30.6. The molecule has 0 aromatic rings. The molecule has 24 heavy (non-hydrogen) atoms. The molecular formula is C15H29N3O6. The van der Waals surface area contributed by atoms with E-state index in [1.54, 1.807) is 0 Å². The zero-order valence-corrected chi connectivity index (χ0v) is 13.8. The van der Waals surface area contributed by atoms with Gasteiger partial charge in [0.1, 0.15) is 30.5 Å². The minimum atomic E-state index is -1.23. The van der Waals surface area contributed by atoms with Gasteiger partial charge >= 0.3 is 0 Å². The van der Waals surface area contributed by atoms with Gasteiger partial charge in [-0.3, -0.25) is 0 Å². The standard InChI is InChI=1S/C15H29N3O6/c1-5-2-6-3-7(17)14(12(21)13(6)22-5)24-15-9(18)11(20)10(19)8(4-16)23-15/h5-15,19-21H,2-4,16-18H2,1H3. The van der Waals surface area contributed by atoms with Crippen LogP contribution in [0.5, 0.6) is 0 Å². The van der Waals surface area contributed by atoms with Gasteiger partial charge < -0.3 is 46.7 Å². The number of hydrogen-bond acceptors (Lipinski definition) is 9. The number of nitrogens with two attached hydrogens (primary N) is 3. The summed E-state index contributed by atoms with van der Waals surface area (Å²) in [7, 11) is 0. The highest BCUT2D eigenvalue weighted by Gasteiger charge is 2.51. The molecule has 0 radical (unpaired) electrons. The summed E-state index contributed by atoms with van der Waals surface area (Å²) < 4.78 is 17.2. The van der Waals surface area contributed by atoms with Crippen molar-refractivity contribution in [3.63, 3.8) is 0 Å². The van der Waals surface area contributed by atoms with Crippen molar-refractivity contribution in [1.82, 2.24) is 0 Å². The lowest BCUT2D eigenvalue weighted by Gasteiger charge is -2.45. The lowest BCUT2D eigenvalue weighted by Crippen LogP contribution is -2.66. The van der Waals surface area contributed by atoms with E-state index in [9.17, 15) is 15.3 Å². The second-order valence-electron chi connectivity index (χ2n) is 7.24. The number of aliphatic hydroxyl groups is 3. The monoisotopic (exact) mass is 347 g/mol. The van der Waals surface area contributed by atoms with Crippen molar-refractivity contribution in [2.24, 2.45) is 23.1 Å². The molecule has 9 nitrogen and oxygen atoms in total. The Bertz CT molecular complexity index is 441. The second-order valence-corrected chi connectivity index (χ2v) is 7.24. The third kappa shape index (κ3) is 3.20. The average molecular weight is 347 g/mol. The van der Waals surface area contributed by atoms with Crippen molar-refractivity contribution in [3.05, 3.63) is 0 Å². The van der Waals surface area contributed by atoms with E-state index in [-0.39, 0.29) is 24.7 Å². The molecule has 3 rings (SSSR count). The highest BCUT2D eigenvalue weighted by Crippen LogP contribution is 2.39. The largest absolute Gasteiger partial charge is 0.388 e. The topological polar surface area (TPSA) is 166 Å². The van der Waals surface area contributed by atoms with Gasteiger partial charge in [-0.2, -0.15) is 0 Å². The third-order valence-corrected chi connectivity index (χ3v) is 5.43. The van der Waals surface area contributed by atoms with Crippen molar-refractivity contribution in [2.75, 3.05) is 6.54 Å². The predicted octanol–water partition coefficient (Wildman–Crippen LogP) is -3.01. The molecule has 2 saturated heterocycles. The Balaban J connectivity index is 1.70. The van der Waals surface area contributed by atoms with E-state index in [2.05, 4.69) is 0 Å². The molecule has 0 amide bonds. The molecule has 0 aromatic carbocycles. The molecule has 0 bridgehead atoms. The summed E-state index contributed by atoms with van der Waals surface area (Å²) in [5.41, 5.74) is 17.7. The minimum Gasteiger partial charge on any atom is -0.388 e. The van der Waals surface area contributed by atoms with Crippen LogP contribution >= 0.6 is 0 Å². The van der Waals surface area contributed by atoms with Crippen molar-refractivity contribution in [3.8, 4) is 0 Å². The first-order valence-electron chi connectivity index (χ1n) is 8.55. The van der Waals surface area contributed by atoms with E-state index < -0.39 is 48.9 Å². The molecule has 9 N–H and O–H groups in total. The fourth-order valence-corrected chi connectivity index (χ4v) is 4.12. The van der Waals surface area contributed by atoms with Gasteiger partial charge in [0, 0.05) is 12.6 Å². The minimum absolute atomic E-state index is 0.00933. The summed E-state index contributed by atoms with van der Waals surface area (Å²) in [6.45, 7) is 1.98. The van der Waals surface area contributed by atoms with Crippen LogP contribution in [0.2, 0.25) is 0 Å². The Morgan fingerprint density at radius 2 is 1.75 bits per heavy atom. The molecule has 2 aliphatic heterocycles.